The summed E-state index contributed by atoms with van der Waals surface area (Å²) in [5, 5.41) is 7.65. The fourth-order valence-electron chi connectivity index (χ4n) is 1.65. The molecule has 0 radical (unpaired) electrons. The third kappa shape index (κ3) is 2.67. The number of hydrogen-bond acceptors (Lipinski definition) is 3. The van der Waals surface area contributed by atoms with Crippen LogP contribution in [-0.2, 0) is 20.1 Å². The highest BCUT2D eigenvalue weighted by molar-refractivity contribution is 5.15. The van der Waals surface area contributed by atoms with Crippen molar-refractivity contribution in [3.8, 4) is 0 Å². The zero-order chi connectivity index (χ0) is 11.4. The Morgan fingerprint density at radius 2 is 2.19 bits per heavy atom. The molecule has 0 bridgehead atoms. The van der Waals surface area contributed by atoms with E-state index in [0.29, 0.717) is 0 Å². The van der Waals surface area contributed by atoms with Gasteiger partial charge in [-0.1, -0.05) is 6.07 Å². The molecule has 16 heavy (non-hydrogen) atoms. The Morgan fingerprint density at radius 3 is 2.81 bits per heavy atom. The van der Waals surface area contributed by atoms with Gasteiger partial charge in [-0.15, -0.1) is 0 Å². The molecule has 0 fully saturated rings. The van der Waals surface area contributed by atoms with Gasteiger partial charge in [0.2, 0.25) is 0 Å². The van der Waals surface area contributed by atoms with E-state index in [0.717, 1.165) is 24.5 Å². The fourth-order valence-corrected chi connectivity index (χ4v) is 1.65. The lowest BCUT2D eigenvalue weighted by Gasteiger charge is -2.02. The molecule has 2 rings (SSSR count). The van der Waals surface area contributed by atoms with Crippen LogP contribution in [0.2, 0.25) is 0 Å². The van der Waals surface area contributed by atoms with E-state index < -0.39 is 0 Å². The largest absolute Gasteiger partial charge is 0.307 e. The number of pyridine rings is 1. The molecule has 2 aromatic rings. The van der Waals surface area contributed by atoms with E-state index in [1.54, 1.807) is 0 Å². The first-order chi connectivity index (χ1) is 7.75. The summed E-state index contributed by atoms with van der Waals surface area (Å²) >= 11 is 0. The van der Waals surface area contributed by atoms with Crippen molar-refractivity contribution in [2.75, 3.05) is 0 Å². The van der Waals surface area contributed by atoms with Crippen molar-refractivity contribution in [1.29, 1.82) is 0 Å². The molecule has 0 spiro atoms. The van der Waals surface area contributed by atoms with Crippen LogP contribution in [0.1, 0.15) is 17.0 Å². The summed E-state index contributed by atoms with van der Waals surface area (Å²) in [6.07, 6.45) is 3.85. The molecule has 0 atom stereocenters. The van der Waals surface area contributed by atoms with Gasteiger partial charge in [0.15, 0.2) is 0 Å². The third-order valence-corrected chi connectivity index (χ3v) is 2.46. The highest BCUT2D eigenvalue weighted by Gasteiger charge is 2.02. The number of rotatable bonds is 4. The topological polar surface area (TPSA) is 42.7 Å². The Balaban J connectivity index is 1.87. The molecule has 0 aliphatic heterocycles. The molecule has 0 aliphatic carbocycles. The maximum atomic E-state index is 4.30. The zero-order valence-corrected chi connectivity index (χ0v) is 9.64. The average Bonchev–Trinajstić information content (AvgIpc) is 2.59. The van der Waals surface area contributed by atoms with Gasteiger partial charge >= 0.3 is 0 Å². The van der Waals surface area contributed by atoms with Gasteiger partial charge < -0.3 is 5.32 Å². The smallest absolute Gasteiger partial charge is 0.0638 e. The molecular formula is C12H16N4. The molecule has 0 aliphatic rings. The Kier molecular flexibility index (Phi) is 3.31. The van der Waals surface area contributed by atoms with Crippen LogP contribution >= 0.6 is 0 Å². The second kappa shape index (κ2) is 4.90. The molecule has 84 valence electrons. The van der Waals surface area contributed by atoms with Gasteiger partial charge in [0.1, 0.15) is 0 Å². The number of hydrogen-bond donors (Lipinski definition) is 1. The van der Waals surface area contributed by atoms with E-state index in [1.165, 1.54) is 5.56 Å². The summed E-state index contributed by atoms with van der Waals surface area (Å²) in [5.41, 5.74) is 3.37. The van der Waals surface area contributed by atoms with Crippen molar-refractivity contribution in [3.63, 3.8) is 0 Å². The van der Waals surface area contributed by atoms with Crippen molar-refractivity contribution in [2.24, 2.45) is 7.05 Å². The van der Waals surface area contributed by atoms with Gasteiger partial charge in [-0.3, -0.25) is 9.67 Å². The van der Waals surface area contributed by atoms with Crippen LogP contribution in [0.15, 0.2) is 30.6 Å². The van der Waals surface area contributed by atoms with Gasteiger partial charge in [-0.05, 0) is 19.1 Å². The Labute approximate surface area is 95.3 Å². The van der Waals surface area contributed by atoms with Crippen molar-refractivity contribution in [3.05, 3.63) is 47.5 Å². The quantitative estimate of drug-likeness (QED) is 0.840. The molecule has 0 saturated carbocycles. The molecule has 0 unspecified atom stereocenters. The highest BCUT2D eigenvalue weighted by Crippen LogP contribution is 2.04. The third-order valence-electron chi connectivity index (χ3n) is 2.46. The van der Waals surface area contributed by atoms with E-state index in [4.69, 9.17) is 0 Å². The monoisotopic (exact) mass is 216 g/mol. The Hall–Kier alpha value is -1.68. The summed E-state index contributed by atoms with van der Waals surface area (Å²) in [4.78, 5) is 4.25. The van der Waals surface area contributed by atoms with E-state index in [-0.39, 0.29) is 0 Å². The normalized spacial score (nSPS) is 10.6. The van der Waals surface area contributed by atoms with Crippen molar-refractivity contribution in [1.82, 2.24) is 20.1 Å². The standard InChI is InChI=1S/C12H16N4/c1-10-11(9-16(2)15-10)7-13-8-12-5-3-4-6-14-12/h3-6,9,13H,7-8H2,1-2H3. The van der Waals surface area contributed by atoms with E-state index in [2.05, 4.69) is 15.4 Å². The van der Waals surface area contributed by atoms with E-state index >= 15 is 0 Å². The maximum absolute atomic E-state index is 4.30. The SMILES string of the molecule is Cc1nn(C)cc1CNCc1ccccn1. The molecule has 0 saturated heterocycles. The summed E-state index contributed by atoms with van der Waals surface area (Å²) in [6.45, 7) is 3.64. The van der Waals surface area contributed by atoms with Crippen molar-refractivity contribution in [2.45, 2.75) is 20.0 Å². The highest BCUT2D eigenvalue weighted by atomic mass is 15.2. The molecular weight excluding hydrogens is 200 g/mol. The van der Waals surface area contributed by atoms with Gasteiger partial charge in [-0.25, -0.2) is 0 Å². The minimum absolute atomic E-state index is 0.787. The molecule has 2 aromatic heterocycles. The van der Waals surface area contributed by atoms with E-state index in [1.807, 2.05) is 49.2 Å². The number of aromatic nitrogens is 3. The van der Waals surface area contributed by atoms with Crippen molar-refractivity contribution < 1.29 is 0 Å². The second-order valence-corrected chi connectivity index (χ2v) is 3.84. The van der Waals surface area contributed by atoms with Crippen LogP contribution in [0.25, 0.3) is 0 Å². The maximum Gasteiger partial charge on any atom is 0.0638 e. The Bertz CT molecular complexity index is 447. The summed E-state index contributed by atoms with van der Waals surface area (Å²) < 4.78 is 1.84. The molecule has 2 heterocycles. The second-order valence-electron chi connectivity index (χ2n) is 3.84. The molecule has 0 amide bonds. The minimum Gasteiger partial charge on any atom is -0.307 e. The van der Waals surface area contributed by atoms with Crippen LogP contribution in [0.5, 0.6) is 0 Å². The first kappa shape index (κ1) is 10.8. The Morgan fingerprint density at radius 1 is 1.31 bits per heavy atom. The number of aryl methyl sites for hydroxylation is 2. The molecule has 0 aromatic carbocycles. The first-order valence-electron chi connectivity index (χ1n) is 5.35. The van der Waals surface area contributed by atoms with Gasteiger partial charge in [0.05, 0.1) is 11.4 Å². The predicted octanol–water partition coefficient (Wildman–Crippen LogP) is 1.41. The molecule has 1 N–H and O–H groups in total. The van der Waals surface area contributed by atoms with Crippen molar-refractivity contribution >= 4 is 0 Å². The first-order valence-corrected chi connectivity index (χ1v) is 5.35. The lowest BCUT2D eigenvalue weighted by molar-refractivity contribution is 0.677. The average molecular weight is 216 g/mol. The van der Waals surface area contributed by atoms with Gasteiger partial charge in [-0.2, -0.15) is 5.10 Å². The molecule has 4 nitrogen and oxygen atoms in total. The fraction of sp³-hybridized carbons (Fsp3) is 0.333. The lowest BCUT2D eigenvalue weighted by atomic mass is 10.2. The summed E-state index contributed by atoms with van der Waals surface area (Å²) in [7, 11) is 1.94. The van der Waals surface area contributed by atoms with Crippen LogP contribution in [-0.4, -0.2) is 14.8 Å². The van der Waals surface area contributed by atoms with Crippen LogP contribution < -0.4 is 5.32 Å². The van der Waals surface area contributed by atoms with Gasteiger partial charge in [0.25, 0.3) is 0 Å². The predicted molar refractivity (Wildman–Crippen MR) is 62.7 cm³/mol. The van der Waals surface area contributed by atoms with Crippen LogP contribution in [0.3, 0.4) is 0 Å². The van der Waals surface area contributed by atoms with Crippen LogP contribution in [0, 0.1) is 6.92 Å². The number of nitrogens with one attached hydrogen (secondary N) is 1. The van der Waals surface area contributed by atoms with Gasteiger partial charge in [0, 0.05) is 38.1 Å². The summed E-state index contributed by atoms with van der Waals surface area (Å²) in [5.74, 6) is 0. The minimum atomic E-state index is 0.787. The zero-order valence-electron chi connectivity index (χ0n) is 9.64. The summed E-state index contributed by atoms with van der Waals surface area (Å²) in [6, 6.07) is 5.94. The van der Waals surface area contributed by atoms with E-state index in [9.17, 15) is 0 Å². The lowest BCUT2D eigenvalue weighted by Crippen LogP contribution is -2.13. The number of nitrogens with zero attached hydrogens (tertiary/aromatic N) is 3. The van der Waals surface area contributed by atoms with Crippen LogP contribution in [0.4, 0.5) is 0 Å². The molecule has 4 heteroatoms.